The summed E-state index contributed by atoms with van der Waals surface area (Å²) in [4.78, 5) is 8.11. The van der Waals surface area contributed by atoms with Crippen LogP contribution in [-0.4, -0.2) is 56.6 Å². The van der Waals surface area contributed by atoms with E-state index in [0.717, 1.165) is 0 Å². The average Bonchev–Trinajstić information content (AvgIpc) is 0.918. The summed E-state index contributed by atoms with van der Waals surface area (Å²) < 4.78 is 0. The van der Waals surface area contributed by atoms with Gasteiger partial charge in [0.2, 0.25) is 0 Å². The summed E-state index contributed by atoms with van der Waals surface area (Å²) in [6.45, 7) is 0. The second-order valence-electron chi connectivity index (χ2n) is 0.0816. The van der Waals surface area contributed by atoms with E-state index in [9.17, 15) is 0 Å². The summed E-state index contributed by atoms with van der Waals surface area (Å²) in [5.74, 6) is 0. The van der Waals surface area contributed by atoms with Gasteiger partial charge in [-0.25, -0.2) is 0 Å². The van der Waals surface area contributed by atoms with E-state index in [0.29, 0.717) is 0 Å². The van der Waals surface area contributed by atoms with Crippen LogP contribution in [0, 0.1) is 4.91 Å². The molecule has 0 heterocycles. The molecule has 1 radical (unpaired) electrons. The van der Waals surface area contributed by atoms with Gasteiger partial charge in [-0.05, 0) is 0 Å². The van der Waals surface area contributed by atoms with Crippen molar-refractivity contribution in [2.75, 3.05) is 0 Å². The van der Waals surface area contributed by atoms with Crippen LogP contribution in [0.4, 0.5) is 0 Å². The van der Waals surface area contributed by atoms with Gasteiger partial charge in [-0.1, -0.05) is 0 Å². The Morgan fingerprint density at radius 1 is 1.60 bits per heavy atom. The summed E-state index contributed by atoms with van der Waals surface area (Å²) >= 11 is 0. The maximum absolute atomic E-state index is 8.11. The van der Waals surface area contributed by atoms with Gasteiger partial charge in [-0.3, -0.25) is 0 Å². The Kier molecular flexibility index (Phi) is 54.2. The van der Waals surface area contributed by atoms with Crippen molar-refractivity contribution in [2.45, 2.75) is 0 Å². The van der Waals surface area contributed by atoms with Crippen LogP contribution in [0.25, 0.3) is 0 Å². The molecular formula is H2AuKNO2. The third-order valence-electron chi connectivity index (χ3n) is 0. The molecule has 0 aromatic heterocycles. The molecule has 0 rings (SSSR count). The maximum atomic E-state index is 8.11. The summed E-state index contributed by atoms with van der Waals surface area (Å²) in [5, 5.41) is 7.89. The third-order valence-corrected chi connectivity index (χ3v) is 0. The van der Waals surface area contributed by atoms with E-state index in [1.807, 2.05) is 0 Å². The molecule has 3 nitrogen and oxygen atoms in total. The van der Waals surface area contributed by atoms with Crippen LogP contribution in [-0.2, 0) is 22.4 Å². The molecular weight excluding hydrogens is 282 g/mol. The average molecular weight is 284 g/mol. The van der Waals surface area contributed by atoms with Gasteiger partial charge in [0.1, 0.15) is 0 Å². The van der Waals surface area contributed by atoms with Crippen LogP contribution in [0.2, 0.25) is 0 Å². The summed E-state index contributed by atoms with van der Waals surface area (Å²) in [7, 11) is 0. The molecule has 0 saturated heterocycles. The van der Waals surface area contributed by atoms with Crippen LogP contribution >= 0.6 is 0 Å². The molecule has 0 aliphatic carbocycles. The molecule has 0 atom stereocenters. The van der Waals surface area contributed by atoms with Gasteiger partial charge >= 0.3 is 51.4 Å². The fraction of sp³-hybridized carbons (Fsp3) is 0. The predicted octanol–water partition coefficient (Wildman–Crippen LogP) is -0.509. The Bertz CT molecular complexity index is 17.1. The van der Waals surface area contributed by atoms with Crippen molar-refractivity contribution in [3.8, 4) is 0 Å². The van der Waals surface area contributed by atoms with Crippen molar-refractivity contribution in [1.82, 2.24) is 0 Å². The van der Waals surface area contributed by atoms with Crippen LogP contribution in [0.15, 0.2) is 5.34 Å². The van der Waals surface area contributed by atoms with E-state index in [1.165, 1.54) is 5.34 Å². The first-order chi connectivity index (χ1) is 1.41. The SMILES string of the molecule is O=NO.[Au].[KH]. The quantitative estimate of drug-likeness (QED) is 0.370. The molecule has 0 spiro atoms. The Labute approximate surface area is 87.4 Å². The molecule has 31 valence electrons. The first-order valence-electron chi connectivity index (χ1n) is 0.383. The van der Waals surface area contributed by atoms with Crippen molar-refractivity contribution in [1.29, 1.82) is 0 Å². The van der Waals surface area contributed by atoms with E-state index >= 15 is 0 Å². The molecule has 0 amide bonds. The normalized spacial score (nSPS) is 2.40. The van der Waals surface area contributed by atoms with Gasteiger partial charge in [0, 0.05) is 22.4 Å². The molecule has 0 unspecified atom stereocenters. The molecule has 1 N–H and O–H groups in total. The monoisotopic (exact) mass is 284 g/mol. The molecule has 0 saturated carbocycles. The summed E-state index contributed by atoms with van der Waals surface area (Å²) in [6.07, 6.45) is 0. The van der Waals surface area contributed by atoms with Crippen molar-refractivity contribution in [3.63, 3.8) is 0 Å². The molecule has 0 aromatic rings. The van der Waals surface area contributed by atoms with Gasteiger partial charge in [0.05, 0.1) is 0 Å². The zero-order valence-electron chi connectivity index (χ0n) is 1.60. The van der Waals surface area contributed by atoms with E-state index in [4.69, 9.17) is 10.1 Å². The van der Waals surface area contributed by atoms with Crippen LogP contribution in [0.5, 0.6) is 0 Å². The number of nitrogens with zero attached hydrogens (tertiary/aromatic N) is 1. The summed E-state index contributed by atoms with van der Waals surface area (Å²) in [6, 6.07) is 0. The van der Waals surface area contributed by atoms with Gasteiger partial charge in [0.15, 0.2) is 5.34 Å². The van der Waals surface area contributed by atoms with E-state index in [2.05, 4.69) is 0 Å². The molecule has 0 bridgehead atoms. The van der Waals surface area contributed by atoms with Gasteiger partial charge in [-0.2, -0.15) is 0 Å². The van der Waals surface area contributed by atoms with E-state index in [-0.39, 0.29) is 73.8 Å². The standard InChI is InChI=1S/Au.K.HNO2.H/c;;2-1-3;/h;;(H,2,3);. The molecule has 0 aliphatic heterocycles. The third kappa shape index (κ3) is 26.1. The van der Waals surface area contributed by atoms with E-state index < -0.39 is 0 Å². The molecule has 5 heteroatoms. The number of hydrogen-bond donors (Lipinski definition) is 1. The van der Waals surface area contributed by atoms with Gasteiger partial charge < -0.3 is 5.21 Å². The number of hydrogen-bond acceptors (Lipinski definition) is 2. The van der Waals surface area contributed by atoms with Crippen molar-refractivity contribution >= 4 is 51.4 Å². The van der Waals surface area contributed by atoms with Crippen molar-refractivity contribution in [3.05, 3.63) is 4.91 Å². The predicted molar refractivity (Wildman–Crippen MR) is 14.7 cm³/mol. The molecule has 0 aromatic carbocycles. The fourth-order valence-corrected chi connectivity index (χ4v) is 0. The van der Waals surface area contributed by atoms with Crippen LogP contribution in [0.1, 0.15) is 0 Å². The van der Waals surface area contributed by atoms with Crippen molar-refractivity contribution < 1.29 is 27.6 Å². The van der Waals surface area contributed by atoms with Crippen LogP contribution < -0.4 is 0 Å². The van der Waals surface area contributed by atoms with Crippen molar-refractivity contribution in [2.24, 2.45) is 5.34 Å². The fourth-order valence-electron chi connectivity index (χ4n) is 0. The van der Waals surface area contributed by atoms with E-state index in [1.54, 1.807) is 0 Å². The topological polar surface area (TPSA) is 49.7 Å². The number of rotatable bonds is 0. The summed E-state index contributed by atoms with van der Waals surface area (Å²) in [5.41, 5.74) is 0. The Hall–Kier alpha value is 1.78. The second kappa shape index (κ2) is 17.1. The van der Waals surface area contributed by atoms with Gasteiger partial charge in [-0.15, -0.1) is 4.91 Å². The molecule has 0 aliphatic rings. The second-order valence-corrected chi connectivity index (χ2v) is 0.0816. The molecule has 5 heavy (non-hydrogen) atoms. The van der Waals surface area contributed by atoms with Gasteiger partial charge in [0.25, 0.3) is 0 Å². The zero-order chi connectivity index (χ0) is 2.71. The minimum atomic E-state index is 0. The van der Waals surface area contributed by atoms with Crippen LogP contribution in [0.3, 0.4) is 0 Å². The minimum absolute atomic E-state index is 0. The Morgan fingerprint density at radius 3 is 1.60 bits per heavy atom. The zero-order valence-corrected chi connectivity index (χ0v) is 3.77. The first-order valence-corrected chi connectivity index (χ1v) is 0.383. The first kappa shape index (κ1) is 15.9. The Balaban J connectivity index is -0.0000000200. The molecule has 0 fully saturated rings. The Morgan fingerprint density at radius 2 is 1.60 bits per heavy atom.